The molecule has 10 nitrogen and oxygen atoms in total. The van der Waals surface area contributed by atoms with Crippen LogP contribution >= 0.6 is 35.0 Å². The van der Waals surface area contributed by atoms with Gasteiger partial charge in [0.2, 0.25) is 17.7 Å². The number of amides is 3. The van der Waals surface area contributed by atoms with Crippen LogP contribution in [0, 0.1) is 5.82 Å². The molecule has 0 saturated heterocycles. The van der Waals surface area contributed by atoms with Crippen molar-refractivity contribution in [2.24, 2.45) is 11.5 Å². The van der Waals surface area contributed by atoms with Crippen LogP contribution in [0.1, 0.15) is 48.8 Å². The predicted octanol–water partition coefficient (Wildman–Crippen LogP) is 5.28. The summed E-state index contributed by atoms with van der Waals surface area (Å²) in [4.78, 5) is 48.5. The van der Waals surface area contributed by atoms with E-state index in [1.54, 1.807) is 25.2 Å². The van der Waals surface area contributed by atoms with Crippen molar-refractivity contribution in [3.05, 3.63) is 93.3 Å². The largest absolute Gasteiger partial charge is 0.361 e. The van der Waals surface area contributed by atoms with Crippen LogP contribution in [0.5, 0.6) is 0 Å². The molecule has 5 rings (SSSR count). The van der Waals surface area contributed by atoms with Gasteiger partial charge in [-0.25, -0.2) is 4.39 Å². The van der Waals surface area contributed by atoms with Crippen LogP contribution in [0.25, 0.3) is 10.9 Å². The number of nitrogens with zero attached hydrogens (tertiary/aromatic N) is 1. The summed E-state index contributed by atoms with van der Waals surface area (Å²) in [5.41, 5.74) is 14.6. The first-order valence-electron chi connectivity index (χ1n) is 17.1. The molecule has 3 aromatic carbocycles. The summed E-state index contributed by atoms with van der Waals surface area (Å²) in [5.74, 6) is -1.63. The predicted molar refractivity (Wildman–Crippen MR) is 201 cm³/mol. The highest BCUT2D eigenvalue weighted by Gasteiger charge is 2.34. The molecule has 2 heterocycles. The lowest BCUT2D eigenvalue weighted by Crippen LogP contribution is -2.57. The van der Waals surface area contributed by atoms with Crippen molar-refractivity contribution in [1.82, 2.24) is 25.8 Å². The van der Waals surface area contributed by atoms with Gasteiger partial charge in [-0.1, -0.05) is 53.2 Å². The van der Waals surface area contributed by atoms with E-state index in [1.165, 1.54) is 28.8 Å². The molecular weight excluding hydrogens is 712 g/mol. The number of unbranched alkanes of at least 4 members (excludes halogenated alkanes) is 1. The number of H-pyrrole nitrogens is 1. The summed E-state index contributed by atoms with van der Waals surface area (Å²) in [7, 11) is 1.59. The summed E-state index contributed by atoms with van der Waals surface area (Å²) in [6.45, 7) is 0.996. The van der Waals surface area contributed by atoms with Crippen LogP contribution in [0.2, 0.25) is 10.0 Å². The molecule has 0 unspecified atom stereocenters. The topological polar surface area (TPSA) is 158 Å². The molecule has 3 amide bonds. The number of para-hydroxylation sites is 1. The number of carbonyl (C=O) groups excluding carboxylic acids is 3. The highest BCUT2D eigenvalue weighted by Crippen LogP contribution is 2.40. The lowest BCUT2D eigenvalue weighted by atomic mass is 10.0. The van der Waals surface area contributed by atoms with Gasteiger partial charge in [0.1, 0.15) is 17.9 Å². The van der Waals surface area contributed by atoms with Crippen molar-refractivity contribution in [2.75, 3.05) is 20.1 Å². The van der Waals surface area contributed by atoms with Gasteiger partial charge in [-0.3, -0.25) is 14.4 Å². The average molecular weight is 757 g/mol. The minimum absolute atomic E-state index is 0.0560. The molecule has 1 aliphatic heterocycles. The number of halogens is 3. The second-order valence-corrected chi connectivity index (χ2v) is 14.6. The van der Waals surface area contributed by atoms with E-state index in [9.17, 15) is 18.8 Å². The smallest absolute Gasteiger partial charge is 0.245 e. The quantitative estimate of drug-likeness (QED) is 0.127. The first-order chi connectivity index (χ1) is 24.6. The number of hydrogen-bond acceptors (Lipinski definition) is 7. The van der Waals surface area contributed by atoms with Crippen LogP contribution in [0.4, 0.5) is 4.39 Å². The van der Waals surface area contributed by atoms with Crippen molar-refractivity contribution in [3.8, 4) is 0 Å². The summed E-state index contributed by atoms with van der Waals surface area (Å²) in [5, 5.41) is 11.0. The highest BCUT2D eigenvalue weighted by atomic mass is 35.5. The Balaban J connectivity index is 1.58. The van der Waals surface area contributed by atoms with Gasteiger partial charge in [-0.15, -0.1) is 0 Å². The van der Waals surface area contributed by atoms with Crippen LogP contribution in [0.15, 0.2) is 70.6 Å². The molecule has 0 radical (unpaired) electrons. The number of rotatable bonds is 9. The van der Waals surface area contributed by atoms with E-state index in [2.05, 4.69) is 20.9 Å². The molecule has 1 aliphatic rings. The summed E-state index contributed by atoms with van der Waals surface area (Å²) >= 11 is 14.5. The van der Waals surface area contributed by atoms with Gasteiger partial charge in [0.05, 0.1) is 11.1 Å². The molecule has 3 atom stereocenters. The number of benzene rings is 3. The zero-order valence-corrected chi connectivity index (χ0v) is 30.8. The third-order valence-electron chi connectivity index (χ3n) is 9.09. The second-order valence-electron chi connectivity index (χ2n) is 12.7. The van der Waals surface area contributed by atoms with Gasteiger partial charge in [0.15, 0.2) is 0 Å². The normalized spacial score (nSPS) is 19.3. The third-order valence-corrected chi connectivity index (χ3v) is 11.0. The van der Waals surface area contributed by atoms with Gasteiger partial charge in [0.25, 0.3) is 0 Å². The molecule has 0 aliphatic carbocycles. The van der Waals surface area contributed by atoms with Gasteiger partial charge >= 0.3 is 0 Å². The maximum absolute atomic E-state index is 14.6. The number of carbonyl (C=O) groups is 3. The maximum Gasteiger partial charge on any atom is 0.245 e. The minimum atomic E-state index is -0.943. The summed E-state index contributed by atoms with van der Waals surface area (Å²) in [6, 6.07) is 12.9. The highest BCUT2D eigenvalue weighted by molar-refractivity contribution is 7.99. The molecule has 272 valence electrons. The molecule has 0 fully saturated rings. The lowest BCUT2D eigenvalue weighted by Gasteiger charge is -2.32. The number of fused-ring (bicyclic) bond motifs is 3. The number of aromatic amines is 1. The molecule has 0 saturated carbocycles. The van der Waals surface area contributed by atoms with E-state index in [0.717, 1.165) is 16.5 Å². The van der Waals surface area contributed by atoms with Gasteiger partial charge < -0.3 is 37.3 Å². The average Bonchev–Trinajstić information content (AvgIpc) is 3.52. The van der Waals surface area contributed by atoms with Gasteiger partial charge in [-0.05, 0) is 98.3 Å². The zero-order chi connectivity index (χ0) is 36.5. The van der Waals surface area contributed by atoms with Crippen molar-refractivity contribution in [2.45, 2.75) is 79.5 Å². The molecule has 1 aromatic heterocycles. The van der Waals surface area contributed by atoms with Crippen LogP contribution in [-0.2, 0) is 33.9 Å². The van der Waals surface area contributed by atoms with Crippen LogP contribution < -0.4 is 27.4 Å². The van der Waals surface area contributed by atoms with Crippen molar-refractivity contribution in [1.29, 1.82) is 0 Å². The zero-order valence-electron chi connectivity index (χ0n) is 28.4. The van der Waals surface area contributed by atoms with E-state index in [0.29, 0.717) is 76.2 Å². The Morgan fingerprint density at radius 2 is 1.67 bits per heavy atom. The fraction of sp³-hybridized carbons (Fsp3) is 0.378. The Morgan fingerprint density at radius 3 is 2.45 bits per heavy atom. The van der Waals surface area contributed by atoms with Crippen molar-refractivity contribution >= 4 is 63.6 Å². The van der Waals surface area contributed by atoms with E-state index >= 15 is 0 Å². The molecular formula is C37H44Cl2FN7O3S. The summed E-state index contributed by atoms with van der Waals surface area (Å²) in [6.07, 6.45) is 4.55. The number of aromatic nitrogens is 1. The van der Waals surface area contributed by atoms with E-state index in [4.69, 9.17) is 34.7 Å². The Bertz CT molecular complexity index is 1860. The Morgan fingerprint density at radius 1 is 0.902 bits per heavy atom. The standard InChI is InChI=1S/C37H44Cl2FN7O3S/c1-47-32(17-22-19-43-29-8-3-2-7-27(22)29)36(49)45-21-24-15-25(38)18-28(39)34(24)51-33-12-11-26(40)16-23(33)20-44-30(10-6-14-42)35(48)46-31(37(47)50)9-4-5-13-41/h2-3,7-8,11-12,15-16,18-19,30-32,43-44H,4-6,9-10,13-14,17,20-21,41-42H2,1H3,(H,45,49)(H,46,48)/t30-,31-,32-/m0/s1. The number of hydrogen-bond donors (Lipinski definition) is 6. The lowest BCUT2D eigenvalue weighted by molar-refractivity contribution is -0.142. The first kappa shape index (κ1) is 38.6. The Labute approximate surface area is 311 Å². The first-order valence-corrected chi connectivity index (χ1v) is 18.6. The molecule has 0 bridgehead atoms. The SMILES string of the molecule is CN1C(=O)[C@H](CCCCN)NC(=O)[C@H](CCCN)NCc2cc(F)ccc2Sc2c(Cl)cc(Cl)cc2CNC(=O)[C@@H]1Cc1c[nH]c2ccccc12. The maximum atomic E-state index is 14.6. The Kier molecular flexibility index (Phi) is 13.8. The van der Waals surface area contributed by atoms with E-state index in [1.807, 2.05) is 30.5 Å². The van der Waals surface area contributed by atoms with E-state index < -0.39 is 41.7 Å². The number of likely N-dealkylation sites (N-methyl/N-ethyl adjacent to an activating group) is 1. The minimum Gasteiger partial charge on any atom is -0.361 e. The molecule has 0 spiro atoms. The van der Waals surface area contributed by atoms with Gasteiger partial charge in [-0.2, -0.15) is 0 Å². The second kappa shape index (κ2) is 18.2. The van der Waals surface area contributed by atoms with Crippen LogP contribution in [-0.4, -0.2) is 65.9 Å². The molecule has 14 heteroatoms. The van der Waals surface area contributed by atoms with E-state index in [-0.39, 0.29) is 19.5 Å². The number of nitrogens with one attached hydrogen (secondary N) is 4. The molecule has 8 N–H and O–H groups in total. The van der Waals surface area contributed by atoms with Crippen LogP contribution in [0.3, 0.4) is 0 Å². The third kappa shape index (κ3) is 9.82. The Hall–Kier alpha value is -3.65. The molecule has 4 aromatic rings. The number of nitrogens with two attached hydrogens (primary N) is 2. The fourth-order valence-corrected chi connectivity index (χ4v) is 7.96. The monoisotopic (exact) mass is 755 g/mol. The van der Waals surface area contributed by atoms with Crippen molar-refractivity contribution in [3.63, 3.8) is 0 Å². The fourth-order valence-electron chi connectivity index (χ4n) is 6.27. The summed E-state index contributed by atoms with van der Waals surface area (Å²) < 4.78 is 14.6. The van der Waals surface area contributed by atoms with Crippen molar-refractivity contribution < 1.29 is 18.8 Å². The van der Waals surface area contributed by atoms with Gasteiger partial charge in [0, 0.05) is 58.5 Å². The molecule has 51 heavy (non-hydrogen) atoms.